The molecule has 1 N–H and O–H groups in total. The molecule has 0 aromatic heterocycles. The molecule has 2 aliphatic rings. The first-order chi connectivity index (χ1) is 8.57. The molecule has 2 bridgehead atoms. The SMILES string of the molecule is Cc1ccccc1S(=O)(=O)C1CC2CCC(C1)N2. The van der Waals surface area contributed by atoms with E-state index in [4.69, 9.17) is 0 Å². The lowest BCUT2D eigenvalue weighted by Gasteiger charge is -2.29. The van der Waals surface area contributed by atoms with Gasteiger partial charge in [0.05, 0.1) is 10.1 Å². The number of fused-ring (bicyclic) bond motifs is 2. The van der Waals surface area contributed by atoms with E-state index >= 15 is 0 Å². The predicted octanol–water partition coefficient (Wildman–Crippen LogP) is 2.05. The second kappa shape index (κ2) is 4.35. The standard InChI is InChI=1S/C14H19NO2S/c1-10-4-2-3-5-14(10)18(16,17)13-8-11-6-7-12(9-13)15-11/h2-5,11-13,15H,6-9H2,1H3. The van der Waals surface area contributed by atoms with Crippen LogP contribution < -0.4 is 5.32 Å². The summed E-state index contributed by atoms with van der Waals surface area (Å²) >= 11 is 0. The van der Waals surface area contributed by atoms with E-state index in [0.717, 1.165) is 31.2 Å². The maximum Gasteiger partial charge on any atom is 0.181 e. The second-order valence-corrected chi connectivity index (χ2v) is 7.74. The lowest BCUT2D eigenvalue weighted by atomic mass is 10.1. The Bertz CT molecular complexity index is 541. The van der Waals surface area contributed by atoms with E-state index in [0.29, 0.717) is 17.0 Å². The molecule has 2 aliphatic heterocycles. The molecule has 2 atom stereocenters. The van der Waals surface area contributed by atoms with Crippen LogP contribution in [-0.4, -0.2) is 25.8 Å². The summed E-state index contributed by atoms with van der Waals surface area (Å²) in [5, 5.41) is 3.30. The Kier molecular flexibility index (Phi) is 2.94. The highest BCUT2D eigenvalue weighted by Gasteiger charge is 2.40. The molecule has 98 valence electrons. The van der Waals surface area contributed by atoms with E-state index in [1.807, 2.05) is 25.1 Å². The molecule has 2 unspecified atom stereocenters. The summed E-state index contributed by atoms with van der Waals surface area (Å²) in [6.45, 7) is 1.88. The van der Waals surface area contributed by atoms with Crippen molar-refractivity contribution < 1.29 is 8.42 Å². The smallest absolute Gasteiger partial charge is 0.181 e. The molecule has 3 nitrogen and oxygen atoms in total. The fourth-order valence-corrected chi connectivity index (χ4v) is 5.43. The van der Waals surface area contributed by atoms with Crippen molar-refractivity contribution in [2.24, 2.45) is 0 Å². The molecule has 2 heterocycles. The highest BCUT2D eigenvalue weighted by atomic mass is 32.2. The van der Waals surface area contributed by atoms with E-state index in [-0.39, 0.29) is 5.25 Å². The summed E-state index contributed by atoms with van der Waals surface area (Å²) in [5.74, 6) is 0. The molecule has 0 amide bonds. The number of sulfone groups is 1. The zero-order valence-electron chi connectivity index (χ0n) is 10.6. The number of nitrogens with one attached hydrogen (secondary N) is 1. The number of benzene rings is 1. The first-order valence-electron chi connectivity index (χ1n) is 6.63. The monoisotopic (exact) mass is 265 g/mol. The van der Waals surface area contributed by atoms with Gasteiger partial charge in [-0.05, 0) is 44.2 Å². The largest absolute Gasteiger partial charge is 0.311 e. The topological polar surface area (TPSA) is 46.2 Å². The van der Waals surface area contributed by atoms with Crippen molar-refractivity contribution in [3.8, 4) is 0 Å². The maximum absolute atomic E-state index is 12.7. The summed E-state index contributed by atoms with van der Waals surface area (Å²) in [5.41, 5.74) is 0.864. The predicted molar refractivity (Wildman–Crippen MR) is 71.3 cm³/mol. The number of rotatable bonds is 2. The van der Waals surface area contributed by atoms with Crippen LogP contribution in [-0.2, 0) is 9.84 Å². The summed E-state index contributed by atoms with van der Waals surface area (Å²) in [6.07, 6.45) is 3.80. The molecule has 2 fully saturated rings. The zero-order valence-corrected chi connectivity index (χ0v) is 11.4. The molecular weight excluding hydrogens is 246 g/mol. The van der Waals surface area contributed by atoms with E-state index in [1.165, 1.54) is 0 Å². The van der Waals surface area contributed by atoms with Crippen LogP contribution >= 0.6 is 0 Å². The summed E-state index contributed by atoms with van der Waals surface area (Å²) in [6, 6.07) is 8.15. The minimum atomic E-state index is -3.16. The number of hydrogen-bond acceptors (Lipinski definition) is 3. The molecule has 0 spiro atoms. The molecule has 0 radical (unpaired) electrons. The summed E-state index contributed by atoms with van der Waals surface area (Å²) in [7, 11) is -3.16. The summed E-state index contributed by atoms with van der Waals surface area (Å²) in [4.78, 5) is 0.524. The maximum atomic E-state index is 12.7. The molecule has 18 heavy (non-hydrogen) atoms. The minimum absolute atomic E-state index is 0.197. The van der Waals surface area contributed by atoms with Gasteiger partial charge in [-0.1, -0.05) is 18.2 Å². The quantitative estimate of drug-likeness (QED) is 0.890. The van der Waals surface area contributed by atoms with Gasteiger partial charge in [0.25, 0.3) is 0 Å². The van der Waals surface area contributed by atoms with Crippen molar-refractivity contribution in [2.45, 2.75) is 54.8 Å². The number of piperidine rings is 1. The van der Waals surface area contributed by atoms with Gasteiger partial charge in [0.1, 0.15) is 0 Å². The minimum Gasteiger partial charge on any atom is -0.311 e. The van der Waals surface area contributed by atoms with Gasteiger partial charge in [-0.25, -0.2) is 8.42 Å². The van der Waals surface area contributed by atoms with Crippen LogP contribution in [0.1, 0.15) is 31.2 Å². The van der Waals surface area contributed by atoms with Gasteiger partial charge in [-0.2, -0.15) is 0 Å². The van der Waals surface area contributed by atoms with Gasteiger partial charge in [0.2, 0.25) is 0 Å². The lowest BCUT2D eigenvalue weighted by molar-refractivity contribution is 0.401. The Labute approximate surface area is 109 Å². The van der Waals surface area contributed by atoms with E-state index in [9.17, 15) is 8.42 Å². The fourth-order valence-electron chi connectivity index (χ4n) is 3.31. The van der Waals surface area contributed by atoms with Crippen molar-refractivity contribution in [3.63, 3.8) is 0 Å². The number of hydrogen-bond donors (Lipinski definition) is 1. The fraction of sp³-hybridized carbons (Fsp3) is 0.571. The zero-order chi connectivity index (χ0) is 12.8. The highest BCUT2D eigenvalue weighted by Crippen LogP contribution is 2.34. The van der Waals surface area contributed by atoms with Crippen LogP contribution in [0.15, 0.2) is 29.2 Å². The third kappa shape index (κ3) is 1.97. The van der Waals surface area contributed by atoms with Crippen molar-refractivity contribution in [2.75, 3.05) is 0 Å². The van der Waals surface area contributed by atoms with Gasteiger partial charge in [0.15, 0.2) is 9.84 Å². The molecule has 3 rings (SSSR count). The average Bonchev–Trinajstić information content (AvgIpc) is 2.68. The Morgan fingerprint density at radius 2 is 1.72 bits per heavy atom. The van der Waals surface area contributed by atoms with Crippen LogP contribution in [0.2, 0.25) is 0 Å². The van der Waals surface area contributed by atoms with Crippen LogP contribution in [0.4, 0.5) is 0 Å². The van der Waals surface area contributed by atoms with Gasteiger partial charge in [0, 0.05) is 12.1 Å². The van der Waals surface area contributed by atoms with Crippen molar-refractivity contribution in [3.05, 3.63) is 29.8 Å². The third-order valence-electron chi connectivity index (χ3n) is 4.27. The van der Waals surface area contributed by atoms with E-state index in [1.54, 1.807) is 6.07 Å². The Morgan fingerprint density at radius 1 is 1.11 bits per heavy atom. The molecule has 0 aliphatic carbocycles. The molecular formula is C14H19NO2S. The molecule has 1 aromatic carbocycles. The third-order valence-corrected chi connectivity index (χ3v) is 6.60. The lowest BCUT2D eigenvalue weighted by Crippen LogP contribution is -2.43. The van der Waals surface area contributed by atoms with Crippen LogP contribution in [0, 0.1) is 6.92 Å². The Morgan fingerprint density at radius 3 is 2.33 bits per heavy atom. The van der Waals surface area contributed by atoms with Gasteiger partial charge >= 0.3 is 0 Å². The second-order valence-electron chi connectivity index (χ2n) is 5.54. The Balaban J connectivity index is 1.94. The first-order valence-corrected chi connectivity index (χ1v) is 8.17. The van der Waals surface area contributed by atoms with Crippen LogP contribution in [0.5, 0.6) is 0 Å². The van der Waals surface area contributed by atoms with Crippen LogP contribution in [0.3, 0.4) is 0 Å². The van der Waals surface area contributed by atoms with Crippen molar-refractivity contribution in [1.29, 1.82) is 0 Å². The molecule has 0 saturated carbocycles. The molecule has 1 aromatic rings. The van der Waals surface area contributed by atoms with Crippen LogP contribution in [0.25, 0.3) is 0 Å². The average molecular weight is 265 g/mol. The number of aryl methyl sites for hydroxylation is 1. The van der Waals surface area contributed by atoms with Gasteiger partial charge < -0.3 is 5.32 Å². The van der Waals surface area contributed by atoms with E-state index < -0.39 is 9.84 Å². The normalized spacial score (nSPS) is 31.5. The van der Waals surface area contributed by atoms with Crippen molar-refractivity contribution >= 4 is 9.84 Å². The first kappa shape index (κ1) is 12.2. The summed E-state index contributed by atoms with van der Waals surface area (Å²) < 4.78 is 25.4. The molecule has 2 saturated heterocycles. The van der Waals surface area contributed by atoms with Gasteiger partial charge in [-0.15, -0.1) is 0 Å². The molecule has 4 heteroatoms. The Hall–Kier alpha value is -0.870. The highest BCUT2D eigenvalue weighted by molar-refractivity contribution is 7.92. The van der Waals surface area contributed by atoms with Gasteiger partial charge in [-0.3, -0.25) is 0 Å². The van der Waals surface area contributed by atoms with Crippen molar-refractivity contribution in [1.82, 2.24) is 5.32 Å². The van der Waals surface area contributed by atoms with E-state index in [2.05, 4.69) is 5.32 Å².